The third-order valence-electron chi connectivity index (χ3n) is 4.60. The minimum absolute atomic E-state index is 0.0402. The minimum Gasteiger partial charge on any atom is -0.339 e. The second kappa shape index (κ2) is 7.20. The van der Waals surface area contributed by atoms with Gasteiger partial charge in [-0.25, -0.2) is 13.1 Å². The molecule has 1 fully saturated rings. The molecule has 0 spiro atoms. The lowest BCUT2D eigenvalue weighted by molar-refractivity contribution is 0.0679. The number of nitrogens with zero attached hydrogens (tertiary/aromatic N) is 1. The minimum atomic E-state index is -3.61. The van der Waals surface area contributed by atoms with E-state index in [1.807, 2.05) is 0 Å². The molecule has 5 nitrogen and oxygen atoms in total. The number of rotatable bonds is 4. The molecule has 1 amide bonds. The quantitative estimate of drug-likeness (QED) is 0.899. The summed E-state index contributed by atoms with van der Waals surface area (Å²) in [6, 6.07) is 4.38. The van der Waals surface area contributed by atoms with Crippen LogP contribution in [-0.2, 0) is 10.0 Å². The van der Waals surface area contributed by atoms with E-state index in [1.54, 1.807) is 11.9 Å². The van der Waals surface area contributed by atoms with Crippen molar-refractivity contribution in [2.24, 2.45) is 5.92 Å². The third-order valence-corrected chi connectivity index (χ3v) is 6.34. The highest BCUT2D eigenvalue weighted by Gasteiger charge is 2.27. The molecule has 7 heteroatoms. The third kappa shape index (κ3) is 4.05. The van der Waals surface area contributed by atoms with Crippen LogP contribution in [-0.4, -0.2) is 39.4 Å². The smallest absolute Gasteiger partial charge is 0.255 e. The van der Waals surface area contributed by atoms with Crippen LogP contribution < -0.4 is 4.72 Å². The Balaban J connectivity index is 2.26. The highest BCUT2D eigenvalue weighted by molar-refractivity contribution is 7.89. The summed E-state index contributed by atoms with van der Waals surface area (Å²) in [5.41, 5.74) is 0.226. The van der Waals surface area contributed by atoms with Gasteiger partial charge in [0.2, 0.25) is 10.0 Å². The highest BCUT2D eigenvalue weighted by atomic mass is 35.5. The molecule has 1 aliphatic rings. The predicted molar refractivity (Wildman–Crippen MR) is 91.2 cm³/mol. The number of benzene rings is 1. The molecule has 1 saturated carbocycles. The van der Waals surface area contributed by atoms with E-state index < -0.39 is 10.0 Å². The van der Waals surface area contributed by atoms with E-state index in [9.17, 15) is 13.2 Å². The zero-order valence-corrected chi connectivity index (χ0v) is 15.2. The number of carbonyl (C=O) groups excluding carboxylic acids is 1. The number of hydrogen-bond donors (Lipinski definition) is 1. The molecule has 1 N–H and O–H groups in total. The first-order valence-corrected chi connectivity index (χ1v) is 9.62. The van der Waals surface area contributed by atoms with Gasteiger partial charge in [0.25, 0.3) is 5.91 Å². The Kier molecular flexibility index (Phi) is 5.70. The molecule has 0 bridgehead atoms. The van der Waals surface area contributed by atoms with Crippen LogP contribution in [0.1, 0.15) is 43.0 Å². The van der Waals surface area contributed by atoms with Crippen LogP contribution in [0.3, 0.4) is 0 Å². The fourth-order valence-electron chi connectivity index (χ4n) is 2.94. The van der Waals surface area contributed by atoms with E-state index >= 15 is 0 Å². The van der Waals surface area contributed by atoms with Gasteiger partial charge in [0.15, 0.2) is 0 Å². The fourth-order valence-corrected chi connectivity index (χ4v) is 3.89. The molecule has 0 atom stereocenters. The van der Waals surface area contributed by atoms with Crippen molar-refractivity contribution in [1.29, 1.82) is 0 Å². The van der Waals surface area contributed by atoms with Gasteiger partial charge in [0, 0.05) is 13.1 Å². The van der Waals surface area contributed by atoms with Gasteiger partial charge in [-0.05, 0) is 56.8 Å². The number of nitrogens with one attached hydrogen (secondary N) is 1. The second-order valence-electron chi connectivity index (χ2n) is 6.18. The van der Waals surface area contributed by atoms with Crippen molar-refractivity contribution in [3.8, 4) is 0 Å². The fraction of sp³-hybridized carbons (Fsp3) is 0.562. The summed E-state index contributed by atoms with van der Waals surface area (Å²) in [6.07, 6.45) is 4.14. The summed E-state index contributed by atoms with van der Waals surface area (Å²) >= 11 is 6.13. The van der Waals surface area contributed by atoms with E-state index in [2.05, 4.69) is 11.6 Å². The first kappa shape index (κ1) is 18.2. The molecule has 1 aromatic rings. The lowest BCUT2D eigenvalue weighted by Gasteiger charge is -2.33. The monoisotopic (exact) mass is 358 g/mol. The Labute approximate surface area is 143 Å². The van der Waals surface area contributed by atoms with Crippen LogP contribution >= 0.6 is 11.6 Å². The molecule has 128 valence electrons. The Morgan fingerprint density at radius 3 is 2.43 bits per heavy atom. The summed E-state index contributed by atoms with van der Waals surface area (Å²) in [5, 5.41) is 0.265. The number of amides is 1. The summed E-state index contributed by atoms with van der Waals surface area (Å²) in [4.78, 5) is 14.5. The van der Waals surface area contributed by atoms with Crippen molar-refractivity contribution in [3.05, 3.63) is 28.8 Å². The maximum atomic E-state index is 12.7. The van der Waals surface area contributed by atoms with Crippen molar-refractivity contribution in [3.63, 3.8) is 0 Å². The largest absolute Gasteiger partial charge is 0.339 e. The van der Waals surface area contributed by atoms with Crippen LogP contribution in [0.15, 0.2) is 23.1 Å². The van der Waals surface area contributed by atoms with Crippen LogP contribution in [0.4, 0.5) is 0 Å². The van der Waals surface area contributed by atoms with Gasteiger partial charge in [-0.15, -0.1) is 0 Å². The SMILES string of the molecule is CNS(=O)(=O)c1ccc(Cl)c(C(=O)N(C)C2CCC(C)CC2)c1. The van der Waals surface area contributed by atoms with Gasteiger partial charge in [-0.1, -0.05) is 18.5 Å². The molecule has 0 heterocycles. The highest BCUT2D eigenvalue weighted by Crippen LogP contribution is 2.29. The number of sulfonamides is 1. The average molecular weight is 359 g/mol. The first-order valence-electron chi connectivity index (χ1n) is 7.76. The van der Waals surface area contributed by atoms with Gasteiger partial charge in [0.05, 0.1) is 15.5 Å². The molecule has 0 radical (unpaired) electrons. The van der Waals surface area contributed by atoms with E-state index in [4.69, 9.17) is 11.6 Å². The van der Waals surface area contributed by atoms with Gasteiger partial charge >= 0.3 is 0 Å². The zero-order valence-electron chi connectivity index (χ0n) is 13.7. The molecule has 0 saturated heterocycles. The van der Waals surface area contributed by atoms with Crippen molar-refractivity contribution in [2.45, 2.75) is 43.5 Å². The van der Waals surface area contributed by atoms with Crippen molar-refractivity contribution in [2.75, 3.05) is 14.1 Å². The molecule has 1 aromatic carbocycles. The number of hydrogen-bond acceptors (Lipinski definition) is 3. The standard InChI is InChI=1S/C16H23ClN2O3S/c1-11-4-6-12(7-5-11)19(3)16(20)14-10-13(8-9-15(14)17)23(21,22)18-2/h8-12,18H,4-7H2,1-3H3. The molecule has 1 aliphatic carbocycles. The van der Waals surface area contributed by atoms with Crippen LogP contribution in [0.2, 0.25) is 5.02 Å². The zero-order chi connectivity index (χ0) is 17.2. The van der Waals surface area contributed by atoms with E-state index in [0.717, 1.165) is 25.7 Å². The van der Waals surface area contributed by atoms with Gasteiger partial charge < -0.3 is 4.90 Å². The molecule has 0 aliphatic heterocycles. The van der Waals surface area contributed by atoms with Crippen LogP contribution in [0.25, 0.3) is 0 Å². The van der Waals surface area contributed by atoms with Crippen molar-refractivity contribution >= 4 is 27.5 Å². The Morgan fingerprint density at radius 1 is 1.26 bits per heavy atom. The van der Waals surface area contributed by atoms with Crippen LogP contribution in [0.5, 0.6) is 0 Å². The Bertz CT molecular complexity index is 683. The maximum absolute atomic E-state index is 12.7. The summed E-state index contributed by atoms with van der Waals surface area (Å²) in [5.74, 6) is 0.463. The Hall–Kier alpha value is -1.11. The topological polar surface area (TPSA) is 66.5 Å². The number of halogens is 1. The average Bonchev–Trinajstić information content (AvgIpc) is 2.54. The first-order chi connectivity index (χ1) is 10.8. The van der Waals surface area contributed by atoms with Crippen LogP contribution in [0, 0.1) is 5.92 Å². The lowest BCUT2D eigenvalue weighted by Crippen LogP contribution is -2.39. The molecular weight excluding hydrogens is 336 g/mol. The maximum Gasteiger partial charge on any atom is 0.255 e. The summed E-state index contributed by atoms with van der Waals surface area (Å²) in [6.45, 7) is 2.22. The predicted octanol–water partition coefficient (Wildman–Crippen LogP) is 2.90. The molecule has 2 rings (SSSR count). The van der Waals surface area contributed by atoms with Gasteiger partial charge in [-0.2, -0.15) is 0 Å². The van der Waals surface area contributed by atoms with Crippen molar-refractivity contribution < 1.29 is 13.2 Å². The van der Waals surface area contributed by atoms with E-state index in [1.165, 1.54) is 25.2 Å². The normalized spacial score (nSPS) is 21.9. The summed E-state index contributed by atoms with van der Waals surface area (Å²) in [7, 11) is -0.512. The number of carbonyl (C=O) groups is 1. The molecule has 0 aromatic heterocycles. The van der Waals surface area contributed by atoms with E-state index in [0.29, 0.717) is 5.92 Å². The van der Waals surface area contributed by atoms with E-state index in [-0.39, 0.29) is 27.4 Å². The second-order valence-corrected chi connectivity index (χ2v) is 8.47. The molecule has 23 heavy (non-hydrogen) atoms. The van der Waals surface area contributed by atoms with Gasteiger partial charge in [0.1, 0.15) is 0 Å². The van der Waals surface area contributed by atoms with Gasteiger partial charge in [-0.3, -0.25) is 4.79 Å². The Morgan fingerprint density at radius 2 is 1.87 bits per heavy atom. The van der Waals surface area contributed by atoms with Crippen molar-refractivity contribution in [1.82, 2.24) is 9.62 Å². The lowest BCUT2D eigenvalue weighted by atomic mass is 9.86. The molecule has 0 unspecified atom stereocenters. The molecular formula is C16H23ClN2O3S. The summed E-state index contributed by atoms with van der Waals surface area (Å²) < 4.78 is 26.1.